The van der Waals surface area contributed by atoms with Crippen LogP contribution in [0.4, 0.5) is 11.4 Å². The van der Waals surface area contributed by atoms with Crippen molar-refractivity contribution >= 4 is 34.9 Å². The predicted molar refractivity (Wildman–Crippen MR) is 102 cm³/mol. The summed E-state index contributed by atoms with van der Waals surface area (Å²) in [4.78, 5) is 10.5. The maximum absolute atomic E-state index is 11.0. The van der Waals surface area contributed by atoms with Gasteiger partial charge in [0.25, 0.3) is 5.69 Å². The molecule has 2 aromatic rings. The average molecular weight is 356 g/mol. The average Bonchev–Trinajstić information content (AvgIpc) is 2.60. The molecule has 0 saturated heterocycles. The van der Waals surface area contributed by atoms with E-state index >= 15 is 0 Å². The monoisotopic (exact) mass is 356 g/mol. The van der Waals surface area contributed by atoms with Gasteiger partial charge in [0.15, 0.2) is 5.11 Å². The second-order valence-corrected chi connectivity index (χ2v) is 5.18. The van der Waals surface area contributed by atoms with Crippen LogP contribution in [0.25, 0.3) is 0 Å². The molecule has 0 atom stereocenters. The third-order valence-electron chi connectivity index (χ3n) is 2.95. The number of rotatable bonds is 7. The normalized spacial score (nSPS) is 10.2. The Labute approximate surface area is 150 Å². The van der Waals surface area contributed by atoms with Crippen LogP contribution in [0.5, 0.6) is 5.75 Å². The second kappa shape index (κ2) is 9.14. The second-order valence-electron chi connectivity index (χ2n) is 4.77. The van der Waals surface area contributed by atoms with Crippen LogP contribution in [0.15, 0.2) is 66.3 Å². The van der Waals surface area contributed by atoms with Crippen molar-refractivity contribution in [1.82, 2.24) is 5.43 Å². The first kappa shape index (κ1) is 18.1. The van der Waals surface area contributed by atoms with Crippen molar-refractivity contribution in [1.29, 1.82) is 0 Å². The number of anilines is 1. The maximum atomic E-state index is 11.0. The minimum atomic E-state index is -0.483. The zero-order valence-electron chi connectivity index (χ0n) is 13.2. The first-order valence-electron chi connectivity index (χ1n) is 7.27. The zero-order chi connectivity index (χ0) is 18.1. The molecule has 8 heteroatoms. The highest BCUT2D eigenvalue weighted by atomic mass is 32.1. The minimum absolute atomic E-state index is 0.0669. The summed E-state index contributed by atoms with van der Waals surface area (Å²) in [5.41, 5.74) is 3.65. The Morgan fingerprint density at radius 3 is 2.88 bits per heavy atom. The molecule has 0 radical (unpaired) electrons. The summed E-state index contributed by atoms with van der Waals surface area (Å²) in [5, 5.41) is 17.9. The van der Waals surface area contributed by atoms with Crippen LogP contribution in [0.2, 0.25) is 0 Å². The number of thiocarbonyl (C=S) groups is 1. The molecule has 2 rings (SSSR count). The lowest BCUT2D eigenvalue weighted by Crippen LogP contribution is -2.24. The van der Waals surface area contributed by atoms with E-state index in [0.29, 0.717) is 18.0 Å². The molecule has 7 nitrogen and oxygen atoms in total. The van der Waals surface area contributed by atoms with E-state index in [4.69, 9.17) is 17.0 Å². The number of hydrogen-bond acceptors (Lipinski definition) is 5. The lowest BCUT2D eigenvalue weighted by molar-refractivity contribution is -0.383. The molecule has 128 valence electrons. The molecule has 0 aliphatic carbocycles. The Morgan fingerprint density at radius 1 is 1.32 bits per heavy atom. The van der Waals surface area contributed by atoms with Crippen molar-refractivity contribution in [2.24, 2.45) is 5.10 Å². The summed E-state index contributed by atoms with van der Waals surface area (Å²) >= 11 is 5.09. The van der Waals surface area contributed by atoms with Gasteiger partial charge in [0.1, 0.15) is 18.0 Å². The molecular weight excluding hydrogens is 340 g/mol. The molecule has 2 aromatic carbocycles. The van der Waals surface area contributed by atoms with E-state index in [-0.39, 0.29) is 10.8 Å². The van der Waals surface area contributed by atoms with Crippen molar-refractivity contribution in [3.8, 4) is 5.75 Å². The van der Waals surface area contributed by atoms with Crippen molar-refractivity contribution in [2.45, 2.75) is 0 Å². The molecule has 0 amide bonds. The van der Waals surface area contributed by atoms with Crippen LogP contribution in [0.1, 0.15) is 5.56 Å². The lowest BCUT2D eigenvalue weighted by Gasteiger charge is -2.07. The van der Waals surface area contributed by atoms with Crippen LogP contribution >= 0.6 is 12.2 Å². The number of nitrogens with one attached hydrogen (secondary N) is 2. The number of hydrazone groups is 1. The van der Waals surface area contributed by atoms with Crippen LogP contribution in [-0.2, 0) is 0 Å². The van der Waals surface area contributed by atoms with Crippen molar-refractivity contribution in [2.75, 3.05) is 11.9 Å². The molecule has 0 heterocycles. The molecule has 0 aromatic heterocycles. The van der Waals surface area contributed by atoms with Crippen LogP contribution in [0, 0.1) is 10.1 Å². The molecule has 2 N–H and O–H groups in total. The van der Waals surface area contributed by atoms with Gasteiger partial charge in [0.05, 0.1) is 11.1 Å². The van der Waals surface area contributed by atoms with Gasteiger partial charge < -0.3 is 10.1 Å². The summed E-state index contributed by atoms with van der Waals surface area (Å²) in [5.74, 6) is 0.699. The summed E-state index contributed by atoms with van der Waals surface area (Å²) in [6, 6.07) is 13.5. The number of ether oxygens (including phenoxy) is 1. The lowest BCUT2D eigenvalue weighted by atomic mass is 10.2. The van der Waals surface area contributed by atoms with Crippen molar-refractivity contribution < 1.29 is 9.66 Å². The van der Waals surface area contributed by atoms with E-state index in [1.807, 2.05) is 24.3 Å². The molecule has 25 heavy (non-hydrogen) atoms. The molecule has 0 fully saturated rings. The molecule has 0 aliphatic heterocycles. The summed E-state index contributed by atoms with van der Waals surface area (Å²) in [7, 11) is 0. The van der Waals surface area contributed by atoms with E-state index in [9.17, 15) is 10.1 Å². The molecule has 0 saturated carbocycles. The Hall–Kier alpha value is -3.26. The fourth-order valence-corrected chi connectivity index (χ4v) is 2.06. The smallest absolute Gasteiger partial charge is 0.292 e. The van der Waals surface area contributed by atoms with Gasteiger partial charge in [-0.05, 0) is 36.0 Å². The van der Waals surface area contributed by atoms with E-state index in [1.165, 1.54) is 6.07 Å². The minimum Gasteiger partial charge on any atom is -0.490 e. The molecule has 0 unspecified atom stereocenters. The van der Waals surface area contributed by atoms with Gasteiger partial charge in [-0.3, -0.25) is 15.5 Å². The van der Waals surface area contributed by atoms with Crippen molar-refractivity contribution in [3.05, 3.63) is 76.9 Å². The van der Waals surface area contributed by atoms with Gasteiger partial charge in [-0.15, -0.1) is 0 Å². The molecule has 0 bridgehead atoms. The Kier molecular flexibility index (Phi) is 6.61. The first-order chi connectivity index (χ1) is 12.1. The highest BCUT2D eigenvalue weighted by Crippen LogP contribution is 2.22. The highest BCUT2D eigenvalue weighted by molar-refractivity contribution is 7.80. The number of nitro groups is 1. The maximum Gasteiger partial charge on any atom is 0.292 e. The zero-order valence-corrected chi connectivity index (χ0v) is 14.0. The van der Waals surface area contributed by atoms with Gasteiger partial charge in [0.2, 0.25) is 0 Å². The number of nitrogens with zero attached hydrogens (tertiary/aromatic N) is 2. The van der Waals surface area contributed by atoms with Crippen LogP contribution in [0.3, 0.4) is 0 Å². The standard InChI is InChI=1S/C17H16N4O3S/c1-2-10-24-14-7-5-6-13(11-14)12-18-20-17(25)19-15-8-3-4-9-16(15)21(22)23/h2-9,11-12H,1,10H2,(H2,19,20,25)/b18-12-. The van der Waals surface area contributed by atoms with Gasteiger partial charge in [-0.1, -0.05) is 36.9 Å². The molecule has 0 aliphatic rings. The van der Waals surface area contributed by atoms with Gasteiger partial charge in [0, 0.05) is 6.07 Å². The van der Waals surface area contributed by atoms with E-state index in [1.54, 1.807) is 30.5 Å². The third-order valence-corrected chi connectivity index (χ3v) is 3.15. The fraction of sp³-hybridized carbons (Fsp3) is 0.0588. The quantitative estimate of drug-likeness (QED) is 0.260. The first-order valence-corrected chi connectivity index (χ1v) is 7.68. The molecule has 0 spiro atoms. The summed E-state index contributed by atoms with van der Waals surface area (Å²) in [6.45, 7) is 4.01. The number of benzene rings is 2. The van der Waals surface area contributed by atoms with E-state index in [2.05, 4.69) is 22.4 Å². The third kappa shape index (κ3) is 5.70. The van der Waals surface area contributed by atoms with Gasteiger partial charge >= 0.3 is 0 Å². The van der Waals surface area contributed by atoms with E-state index < -0.39 is 4.92 Å². The van der Waals surface area contributed by atoms with Crippen molar-refractivity contribution in [3.63, 3.8) is 0 Å². The van der Waals surface area contributed by atoms with E-state index in [0.717, 1.165) is 5.56 Å². The van der Waals surface area contributed by atoms with Gasteiger partial charge in [-0.2, -0.15) is 5.10 Å². The predicted octanol–water partition coefficient (Wildman–Crippen LogP) is 3.48. The summed E-state index contributed by atoms with van der Waals surface area (Å²) < 4.78 is 5.44. The number of nitro benzene ring substituents is 1. The Morgan fingerprint density at radius 2 is 2.12 bits per heavy atom. The number of hydrogen-bond donors (Lipinski definition) is 2. The van der Waals surface area contributed by atoms with Crippen LogP contribution < -0.4 is 15.5 Å². The highest BCUT2D eigenvalue weighted by Gasteiger charge is 2.12. The van der Waals surface area contributed by atoms with Crippen LogP contribution in [-0.4, -0.2) is 22.9 Å². The Bertz CT molecular complexity index is 808. The van der Waals surface area contributed by atoms with Gasteiger partial charge in [-0.25, -0.2) is 0 Å². The summed E-state index contributed by atoms with van der Waals surface area (Å²) in [6.07, 6.45) is 3.23. The topological polar surface area (TPSA) is 88.8 Å². The number of para-hydroxylation sites is 2. The molecular formula is C17H16N4O3S. The SMILES string of the molecule is C=CCOc1cccc(/C=N\NC(=S)Nc2ccccc2[N+](=O)[O-])c1. The Balaban J connectivity index is 1.95. The fourth-order valence-electron chi connectivity index (χ4n) is 1.89. The largest absolute Gasteiger partial charge is 0.490 e.